The third-order valence-corrected chi connectivity index (χ3v) is 4.20. The Bertz CT molecular complexity index is 1140. The van der Waals surface area contributed by atoms with E-state index in [9.17, 15) is 14.4 Å². The number of nitrogens with one attached hydrogen (secondary N) is 1. The Morgan fingerprint density at radius 3 is 2.58 bits per heavy atom. The number of amides is 2. The van der Waals surface area contributed by atoms with Crippen LogP contribution in [0.3, 0.4) is 0 Å². The first-order valence-electron chi connectivity index (χ1n) is 7.68. The molecule has 0 saturated carbocycles. The van der Waals surface area contributed by atoms with Gasteiger partial charge in [-0.1, -0.05) is 29.8 Å². The van der Waals surface area contributed by atoms with Crippen molar-refractivity contribution in [3.8, 4) is 0 Å². The zero-order valence-corrected chi connectivity index (χ0v) is 14.0. The molecule has 1 N–H and O–H groups in total. The quantitative estimate of drug-likeness (QED) is 0.558. The summed E-state index contributed by atoms with van der Waals surface area (Å²) in [7, 11) is 0. The number of rotatable bonds is 2. The third kappa shape index (κ3) is 2.66. The van der Waals surface area contributed by atoms with Crippen molar-refractivity contribution >= 4 is 46.1 Å². The minimum absolute atomic E-state index is 0.0909. The number of hydrogen-bond donors (Lipinski definition) is 1. The second kappa shape index (κ2) is 6.16. The Kier molecular flexibility index (Phi) is 3.82. The van der Waals surface area contributed by atoms with Gasteiger partial charge in [-0.25, -0.2) is 5.01 Å². The van der Waals surface area contributed by atoms with Crippen LogP contribution >= 0.6 is 11.6 Å². The Balaban J connectivity index is 1.78. The number of hydrogen-bond acceptors (Lipinski definition) is 4. The molecule has 0 radical (unpaired) electrons. The molecule has 2 amide bonds. The summed E-state index contributed by atoms with van der Waals surface area (Å²) < 4.78 is 5.41. The maximum absolute atomic E-state index is 12.6. The van der Waals surface area contributed by atoms with Crippen LogP contribution in [0.2, 0.25) is 5.02 Å². The molecule has 3 aromatic rings. The molecule has 0 aliphatic carbocycles. The van der Waals surface area contributed by atoms with Crippen molar-refractivity contribution < 1.29 is 14.0 Å². The SMILES string of the molecule is O=C1NN(c2ccccc2)C(=O)/C1=C\c1coc2ccc(Cl)cc2c1=O. The summed E-state index contributed by atoms with van der Waals surface area (Å²) in [6, 6.07) is 13.3. The standard InChI is InChI=1S/C19H11ClN2O4/c20-12-6-7-16-14(9-12)17(23)11(10-26-16)8-15-18(24)21-22(19(15)25)13-4-2-1-3-5-13/h1-10H,(H,21,24)/b15-8-. The molecule has 0 atom stereocenters. The molecule has 6 nitrogen and oxygen atoms in total. The fraction of sp³-hybridized carbons (Fsp3) is 0. The lowest BCUT2D eigenvalue weighted by atomic mass is 10.1. The number of benzene rings is 2. The topological polar surface area (TPSA) is 79.6 Å². The average molecular weight is 367 g/mol. The molecule has 1 fully saturated rings. The van der Waals surface area contributed by atoms with E-state index in [1.807, 2.05) is 0 Å². The third-order valence-electron chi connectivity index (χ3n) is 3.97. The van der Waals surface area contributed by atoms with Crippen molar-refractivity contribution in [2.24, 2.45) is 0 Å². The van der Waals surface area contributed by atoms with Gasteiger partial charge in [0.15, 0.2) is 5.43 Å². The molecule has 0 unspecified atom stereocenters. The first kappa shape index (κ1) is 16.1. The first-order valence-corrected chi connectivity index (χ1v) is 8.05. The molecule has 26 heavy (non-hydrogen) atoms. The number of halogens is 1. The van der Waals surface area contributed by atoms with E-state index in [2.05, 4.69) is 5.43 Å². The number of hydrazine groups is 1. The minimum Gasteiger partial charge on any atom is -0.463 e. The Morgan fingerprint density at radius 2 is 1.81 bits per heavy atom. The van der Waals surface area contributed by atoms with Crippen molar-refractivity contribution in [3.63, 3.8) is 0 Å². The predicted molar refractivity (Wildman–Crippen MR) is 97.5 cm³/mol. The van der Waals surface area contributed by atoms with E-state index in [1.165, 1.54) is 18.4 Å². The first-order chi connectivity index (χ1) is 12.5. The summed E-state index contributed by atoms with van der Waals surface area (Å²) in [6.45, 7) is 0. The van der Waals surface area contributed by atoms with E-state index >= 15 is 0 Å². The second-order valence-electron chi connectivity index (χ2n) is 5.64. The number of fused-ring (bicyclic) bond motifs is 1. The molecule has 7 heteroatoms. The monoisotopic (exact) mass is 366 g/mol. The van der Waals surface area contributed by atoms with Crippen LogP contribution in [-0.2, 0) is 9.59 Å². The van der Waals surface area contributed by atoms with Gasteiger partial charge in [0.1, 0.15) is 17.4 Å². The molecule has 128 valence electrons. The van der Waals surface area contributed by atoms with Crippen LogP contribution in [0.4, 0.5) is 5.69 Å². The second-order valence-corrected chi connectivity index (χ2v) is 6.07. The molecule has 1 aromatic heterocycles. The zero-order chi connectivity index (χ0) is 18.3. The molecule has 1 aliphatic heterocycles. The van der Waals surface area contributed by atoms with Gasteiger partial charge in [-0.2, -0.15) is 0 Å². The van der Waals surface area contributed by atoms with Crippen LogP contribution in [0.25, 0.3) is 17.0 Å². The number of nitrogens with zero attached hydrogens (tertiary/aromatic N) is 1. The molecule has 1 aliphatic rings. The van der Waals surface area contributed by atoms with Crippen LogP contribution in [0, 0.1) is 0 Å². The van der Waals surface area contributed by atoms with E-state index in [0.29, 0.717) is 16.3 Å². The van der Waals surface area contributed by atoms with Gasteiger partial charge >= 0.3 is 0 Å². The average Bonchev–Trinajstić information content (AvgIpc) is 2.93. The van der Waals surface area contributed by atoms with E-state index < -0.39 is 11.8 Å². The van der Waals surface area contributed by atoms with Gasteiger partial charge in [0.25, 0.3) is 11.8 Å². The molecule has 2 aromatic carbocycles. The normalized spacial score (nSPS) is 15.7. The van der Waals surface area contributed by atoms with Gasteiger partial charge in [0, 0.05) is 5.02 Å². The lowest BCUT2D eigenvalue weighted by Gasteiger charge is -2.13. The number of anilines is 1. The lowest BCUT2D eigenvalue weighted by Crippen LogP contribution is -2.35. The van der Waals surface area contributed by atoms with Crippen molar-refractivity contribution in [3.05, 3.63) is 81.2 Å². The van der Waals surface area contributed by atoms with E-state index in [4.69, 9.17) is 16.0 Å². The summed E-state index contributed by atoms with van der Waals surface area (Å²) in [5, 5.41) is 1.80. The molecule has 1 saturated heterocycles. The van der Waals surface area contributed by atoms with E-state index in [-0.39, 0.29) is 22.0 Å². The van der Waals surface area contributed by atoms with Crippen molar-refractivity contribution in [2.45, 2.75) is 0 Å². The van der Waals surface area contributed by atoms with Crippen LogP contribution < -0.4 is 15.9 Å². The van der Waals surface area contributed by atoms with Gasteiger partial charge in [0.05, 0.1) is 16.6 Å². The summed E-state index contributed by atoms with van der Waals surface area (Å²) in [4.78, 5) is 37.4. The number of carbonyl (C=O) groups is 2. The van der Waals surface area contributed by atoms with E-state index in [1.54, 1.807) is 42.5 Å². The zero-order valence-electron chi connectivity index (χ0n) is 13.2. The lowest BCUT2D eigenvalue weighted by molar-refractivity contribution is -0.117. The Hall–Kier alpha value is -3.38. The largest absolute Gasteiger partial charge is 0.463 e. The van der Waals surface area contributed by atoms with E-state index in [0.717, 1.165) is 5.01 Å². The molecular formula is C19H11ClN2O4. The highest BCUT2D eigenvalue weighted by atomic mass is 35.5. The minimum atomic E-state index is -0.593. The summed E-state index contributed by atoms with van der Waals surface area (Å²) in [5.41, 5.74) is 2.93. The predicted octanol–water partition coefficient (Wildman–Crippen LogP) is 2.91. The molecule has 0 bridgehead atoms. The van der Waals surface area contributed by atoms with Crippen molar-refractivity contribution in [2.75, 3.05) is 5.01 Å². The highest BCUT2D eigenvalue weighted by Crippen LogP contribution is 2.22. The van der Waals surface area contributed by atoms with Gasteiger partial charge in [0.2, 0.25) is 0 Å². The summed E-state index contributed by atoms with van der Waals surface area (Å²) in [6.07, 6.45) is 2.45. The van der Waals surface area contributed by atoms with Gasteiger partial charge in [-0.3, -0.25) is 19.8 Å². The van der Waals surface area contributed by atoms with Gasteiger partial charge in [-0.05, 0) is 36.4 Å². The fourth-order valence-electron chi connectivity index (χ4n) is 2.69. The number of para-hydroxylation sites is 1. The Morgan fingerprint density at radius 1 is 1.04 bits per heavy atom. The molecular weight excluding hydrogens is 356 g/mol. The van der Waals surface area contributed by atoms with Crippen molar-refractivity contribution in [1.82, 2.24) is 5.43 Å². The van der Waals surface area contributed by atoms with Gasteiger partial charge in [-0.15, -0.1) is 0 Å². The molecule has 2 heterocycles. The van der Waals surface area contributed by atoms with Crippen LogP contribution in [0.15, 0.2) is 69.6 Å². The van der Waals surface area contributed by atoms with Crippen molar-refractivity contribution in [1.29, 1.82) is 0 Å². The fourth-order valence-corrected chi connectivity index (χ4v) is 2.86. The summed E-state index contributed by atoms with van der Waals surface area (Å²) in [5.74, 6) is -1.14. The maximum Gasteiger partial charge on any atom is 0.282 e. The van der Waals surface area contributed by atoms with Crippen LogP contribution in [0.1, 0.15) is 5.56 Å². The van der Waals surface area contributed by atoms with Crippen LogP contribution in [0.5, 0.6) is 0 Å². The summed E-state index contributed by atoms with van der Waals surface area (Å²) >= 11 is 5.93. The maximum atomic E-state index is 12.6. The number of carbonyl (C=O) groups excluding carboxylic acids is 2. The smallest absolute Gasteiger partial charge is 0.282 e. The molecule has 4 rings (SSSR count). The van der Waals surface area contributed by atoms with Gasteiger partial charge < -0.3 is 4.42 Å². The highest BCUT2D eigenvalue weighted by molar-refractivity contribution is 6.32. The molecule has 0 spiro atoms. The van der Waals surface area contributed by atoms with Crippen LogP contribution in [-0.4, -0.2) is 11.8 Å². The highest BCUT2D eigenvalue weighted by Gasteiger charge is 2.34. The Labute approximate surface area is 152 Å².